The SMILES string of the molecule is CCOC(=O)c1csc2c1CCN(C(=O)c1cnc3ccccn13)C2C. The highest BCUT2D eigenvalue weighted by molar-refractivity contribution is 7.10. The Hall–Kier alpha value is -2.67. The van der Waals surface area contributed by atoms with Crippen LogP contribution in [-0.2, 0) is 11.2 Å². The van der Waals surface area contributed by atoms with E-state index >= 15 is 0 Å². The Labute approximate surface area is 155 Å². The molecule has 26 heavy (non-hydrogen) atoms. The Morgan fingerprint density at radius 3 is 3.04 bits per heavy atom. The molecule has 0 saturated heterocycles. The van der Waals surface area contributed by atoms with Gasteiger partial charge in [0.25, 0.3) is 5.91 Å². The van der Waals surface area contributed by atoms with Crippen molar-refractivity contribution in [2.24, 2.45) is 0 Å². The number of carbonyl (C=O) groups is 2. The highest BCUT2D eigenvalue weighted by Gasteiger charge is 2.33. The van der Waals surface area contributed by atoms with Crippen molar-refractivity contribution < 1.29 is 14.3 Å². The Morgan fingerprint density at radius 2 is 2.23 bits per heavy atom. The number of pyridine rings is 1. The number of hydrogen-bond acceptors (Lipinski definition) is 5. The summed E-state index contributed by atoms with van der Waals surface area (Å²) < 4.78 is 6.95. The number of rotatable bonds is 3. The van der Waals surface area contributed by atoms with Gasteiger partial charge in [0.05, 0.1) is 24.4 Å². The van der Waals surface area contributed by atoms with Crippen LogP contribution in [0.5, 0.6) is 0 Å². The van der Waals surface area contributed by atoms with Crippen molar-refractivity contribution in [3.8, 4) is 0 Å². The van der Waals surface area contributed by atoms with Crippen molar-refractivity contribution >= 4 is 28.9 Å². The second kappa shape index (κ2) is 6.57. The van der Waals surface area contributed by atoms with Crippen LogP contribution < -0.4 is 0 Å². The zero-order chi connectivity index (χ0) is 18.3. The summed E-state index contributed by atoms with van der Waals surface area (Å²) in [5.41, 5.74) is 2.96. The summed E-state index contributed by atoms with van der Waals surface area (Å²) in [6.07, 6.45) is 4.12. The van der Waals surface area contributed by atoms with Gasteiger partial charge in [-0.25, -0.2) is 9.78 Å². The summed E-state index contributed by atoms with van der Waals surface area (Å²) in [6.45, 7) is 4.73. The fraction of sp³-hybridized carbons (Fsp3) is 0.316. The van der Waals surface area contributed by atoms with Gasteiger partial charge in [0.1, 0.15) is 11.3 Å². The molecule has 0 aromatic carbocycles. The smallest absolute Gasteiger partial charge is 0.339 e. The van der Waals surface area contributed by atoms with E-state index in [-0.39, 0.29) is 17.9 Å². The molecule has 0 spiro atoms. The van der Waals surface area contributed by atoms with Crippen molar-refractivity contribution in [1.29, 1.82) is 0 Å². The van der Waals surface area contributed by atoms with E-state index in [4.69, 9.17) is 4.74 Å². The minimum Gasteiger partial charge on any atom is -0.462 e. The molecule has 4 heterocycles. The van der Waals surface area contributed by atoms with E-state index in [1.54, 1.807) is 13.1 Å². The lowest BCUT2D eigenvalue weighted by Gasteiger charge is -2.33. The molecule has 1 aliphatic rings. The summed E-state index contributed by atoms with van der Waals surface area (Å²) in [4.78, 5) is 32.5. The number of thiophene rings is 1. The van der Waals surface area contributed by atoms with E-state index in [1.165, 1.54) is 11.3 Å². The predicted octanol–water partition coefficient (Wildman–Crippen LogP) is 3.33. The highest BCUT2D eigenvalue weighted by Crippen LogP contribution is 2.37. The molecule has 6 nitrogen and oxygen atoms in total. The molecule has 0 radical (unpaired) electrons. The number of nitrogens with zero attached hydrogens (tertiary/aromatic N) is 3. The number of imidazole rings is 1. The van der Waals surface area contributed by atoms with Crippen LogP contribution in [0.3, 0.4) is 0 Å². The predicted molar refractivity (Wildman–Crippen MR) is 98.6 cm³/mol. The number of carbonyl (C=O) groups excluding carboxylic acids is 2. The van der Waals surface area contributed by atoms with Crippen molar-refractivity contribution in [3.05, 3.63) is 57.7 Å². The van der Waals surface area contributed by atoms with Crippen LogP contribution in [0.25, 0.3) is 5.65 Å². The summed E-state index contributed by atoms with van der Waals surface area (Å²) in [6, 6.07) is 5.57. The van der Waals surface area contributed by atoms with E-state index < -0.39 is 0 Å². The summed E-state index contributed by atoms with van der Waals surface area (Å²) in [5, 5.41) is 1.85. The summed E-state index contributed by atoms with van der Waals surface area (Å²) >= 11 is 1.52. The zero-order valence-corrected chi connectivity index (χ0v) is 15.5. The first kappa shape index (κ1) is 16.8. The van der Waals surface area contributed by atoms with Crippen LogP contribution in [0.2, 0.25) is 0 Å². The molecule has 7 heteroatoms. The minimum atomic E-state index is -0.279. The molecule has 0 N–H and O–H groups in total. The maximum absolute atomic E-state index is 13.1. The standard InChI is InChI=1S/C19H19N3O3S/c1-3-25-19(24)14-11-26-17-12(2)21(9-7-13(14)17)18(23)15-10-20-16-6-4-5-8-22(15)16/h4-6,8,10-12H,3,7,9H2,1-2H3. The van der Waals surface area contributed by atoms with Crippen molar-refractivity contribution in [1.82, 2.24) is 14.3 Å². The Bertz CT molecular complexity index is 991. The minimum absolute atomic E-state index is 0.0482. The molecule has 0 saturated carbocycles. The van der Waals surface area contributed by atoms with Gasteiger partial charge in [0, 0.05) is 23.0 Å². The third-order valence-electron chi connectivity index (χ3n) is 4.77. The molecule has 3 aromatic heterocycles. The average Bonchev–Trinajstić information content (AvgIpc) is 3.26. The molecule has 0 bridgehead atoms. The first-order valence-electron chi connectivity index (χ1n) is 8.62. The molecular formula is C19H19N3O3S. The van der Waals surface area contributed by atoms with Gasteiger partial charge in [-0.3, -0.25) is 9.20 Å². The van der Waals surface area contributed by atoms with Crippen LogP contribution in [0.4, 0.5) is 0 Å². The number of ether oxygens (including phenoxy) is 1. The molecule has 1 unspecified atom stereocenters. The topological polar surface area (TPSA) is 63.9 Å². The molecule has 1 amide bonds. The fourth-order valence-corrected chi connectivity index (χ4v) is 4.63. The van der Waals surface area contributed by atoms with E-state index in [0.717, 1.165) is 16.1 Å². The third-order valence-corrected chi connectivity index (χ3v) is 5.96. The third kappa shape index (κ3) is 2.59. The molecule has 3 aromatic rings. The summed E-state index contributed by atoms with van der Waals surface area (Å²) in [5.74, 6) is -0.327. The molecule has 134 valence electrons. The number of hydrogen-bond donors (Lipinski definition) is 0. The zero-order valence-electron chi connectivity index (χ0n) is 14.6. The largest absolute Gasteiger partial charge is 0.462 e. The lowest BCUT2D eigenvalue weighted by Crippen LogP contribution is -2.39. The average molecular weight is 369 g/mol. The van der Waals surface area contributed by atoms with Gasteiger partial charge >= 0.3 is 5.97 Å². The summed E-state index contributed by atoms with van der Waals surface area (Å²) in [7, 11) is 0. The van der Waals surface area contributed by atoms with Gasteiger partial charge in [-0.2, -0.15) is 0 Å². The molecule has 0 aliphatic carbocycles. The Morgan fingerprint density at radius 1 is 1.38 bits per heavy atom. The Balaban J connectivity index is 1.64. The van der Waals surface area contributed by atoms with Crippen LogP contribution in [-0.4, -0.2) is 39.3 Å². The van der Waals surface area contributed by atoms with Gasteiger partial charge < -0.3 is 9.64 Å². The van der Waals surface area contributed by atoms with Crippen LogP contribution in [0, 0.1) is 0 Å². The van der Waals surface area contributed by atoms with Crippen molar-refractivity contribution in [2.75, 3.05) is 13.2 Å². The van der Waals surface area contributed by atoms with Crippen molar-refractivity contribution in [2.45, 2.75) is 26.3 Å². The van der Waals surface area contributed by atoms with Gasteiger partial charge in [-0.05, 0) is 38.0 Å². The number of fused-ring (bicyclic) bond motifs is 2. The molecule has 4 rings (SSSR count). The quantitative estimate of drug-likeness (QED) is 0.664. The molecule has 1 atom stereocenters. The van der Waals surface area contributed by atoms with Gasteiger partial charge in [-0.15, -0.1) is 11.3 Å². The van der Waals surface area contributed by atoms with Crippen LogP contribution in [0.1, 0.15) is 51.2 Å². The van der Waals surface area contributed by atoms with Gasteiger partial charge in [0.15, 0.2) is 0 Å². The van der Waals surface area contributed by atoms with E-state index in [9.17, 15) is 9.59 Å². The second-order valence-corrected chi connectivity index (χ2v) is 7.12. The maximum Gasteiger partial charge on any atom is 0.339 e. The fourth-order valence-electron chi connectivity index (χ4n) is 3.47. The number of amides is 1. The van der Waals surface area contributed by atoms with Crippen molar-refractivity contribution in [3.63, 3.8) is 0 Å². The number of aromatic nitrogens is 2. The number of esters is 1. The van der Waals surface area contributed by atoms with E-state index in [2.05, 4.69) is 4.98 Å². The lowest BCUT2D eigenvalue weighted by atomic mass is 9.98. The molecule has 1 aliphatic heterocycles. The Kier molecular flexibility index (Phi) is 4.24. The maximum atomic E-state index is 13.1. The van der Waals surface area contributed by atoms with Gasteiger partial charge in [0.2, 0.25) is 0 Å². The van der Waals surface area contributed by atoms with E-state index in [1.807, 2.05) is 46.0 Å². The first-order chi connectivity index (χ1) is 12.6. The lowest BCUT2D eigenvalue weighted by molar-refractivity contribution is 0.0525. The van der Waals surface area contributed by atoms with Gasteiger partial charge in [-0.1, -0.05) is 6.07 Å². The monoisotopic (exact) mass is 369 g/mol. The molecule has 0 fully saturated rings. The van der Waals surface area contributed by atoms with E-state index in [0.29, 0.717) is 30.8 Å². The molecular weight excluding hydrogens is 350 g/mol. The van der Waals surface area contributed by atoms with Crippen LogP contribution >= 0.6 is 11.3 Å². The highest BCUT2D eigenvalue weighted by atomic mass is 32.1. The normalized spacial score (nSPS) is 16.5. The van der Waals surface area contributed by atoms with Crippen LogP contribution in [0.15, 0.2) is 36.0 Å². The first-order valence-corrected chi connectivity index (χ1v) is 9.50. The second-order valence-electron chi connectivity index (χ2n) is 6.21.